The molecule has 1 aliphatic carbocycles. The van der Waals surface area contributed by atoms with Gasteiger partial charge in [-0.15, -0.1) is 0 Å². The van der Waals surface area contributed by atoms with E-state index >= 15 is 0 Å². The third-order valence-corrected chi connectivity index (χ3v) is 5.96. The summed E-state index contributed by atoms with van der Waals surface area (Å²) >= 11 is 3.66. The number of hydrogen-bond donors (Lipinski definition) is 2. The average Bonchev–Trinajstić information content (AvgIpc) is 2.87. The Bertz CT molecular complexity index is 428. The fraction of sp³-hybridized carbons (Fsp3) is 0.714. The summed E-state index contributed by atoms with van der Waals surface area (Å²) in [6.45, 7) is 2.43. The minimum atomic E-state index is 0.230. The molecule has 0 aromatic heterocycles. The van der Waals surface area contributed by atoms with E-state index in [1.165, 1.54) is 30.3 Å². The molecule has 2 bridgehead atoms. The van der Waals surface area contributed by atoms with Gasteiger partial charge in [-0.2, -0.15) is 0 Å². The van der Waals surface area contributed by atoms with Crippen molar-refractivity contribution in [2.75, 3.05) is 0 Å². The Kier molecular flexibility index (Phi) is 2.12. The lowest BCUT2D eigenvalue weighted by atomic mass is 9.61. The van der Waals surface area contributed by atoms with E-state index in [1.807, 2.05) is 0 Å². The highest BCUT2D eigenvalue weighted by molar-refractivity contribution is 9.11. The molecule has 3 aliphatic heterocycles. The summed E-state index contributed by atoms with van der Waals surface area (Å²) in [5.74, 6) is 1.45. The smallest absolute Gasteiger partial charge is 0.0790 e. The lowest BCUT2D eigenvalue weighted by Gasteiger charge is -2.53. The van der Waals surface area contributed by atoms with Crippen LogP contribution in [0.1, 0.15) is 32.6 Å². The lowest BCUT2D eigenvalue weighted by Crippen LogP contribution is -2.67. The standard InChI is InChI=1S/C14H19BrN2/c1-8-11-5-6-12(16-11)10-4-2-3-9-7-13(15)17-14(8,9)10/h3,7-8,10-12,16-17H,2,4-6H2,1H3. The summed E-state index contributed by atoms with van der Waals surface area (Å²) in [7, 11) is 0. The van der Waals surface area contributed by atoms with Gasteiger partial charge in [0.05, 0.1) is 10.1 Å². The number of allylic oxidation sites excluding steroid dienone is 1. The minimum absolute atomic E-state index is 0.230. The van der Waals surface area contributed by atoms with Crippen LogP contribution in [0.3, 0.4) is 0 Å². The quantitative estimate of drug-likeness (QED) is 0.671. The first-order valence-electron chi connectivity index (χ1n) is 6.84. The van der Waals surface area contributed by atoms with Crippen molar-refractivity contribution < 1.29 is 0 Å². The number of halogens is 1. The first-order chi connectivity index (χ1) is 8.22. The van der Waals surface area contributed by atoms with Gasteiger partial charge in [-0.1, -0.05) is 13.0 Å². The number of nitrogens with one attached hydrogen (secondary N) is 2. The Morgan fingerprint density at radius 2 is 2.12 bits per heavy atom. The van der Waals surface area contributed by atoms with Crippen LogP contribution >= 0.6 is 15.9 Å². The fourth-order valence-electron chi connectivity index (χ4n) is 4.81. The molecule has 0 radical (unpaired) electrons. The first kappa shape index (κ1) is 10.6. The maximum Gasteiger partial charge on any atom is 0.0790 e. The van der Waals surface area contributed by atoms with Crippen molar-refractivity contribution in [3.8, 4) is 0 Å². The molecule has 0 amide bonds. The van der Waals surface area contributed by atoms with Crippen molar-refractivity contribution in [3.05, 3.63) is 22.3 Å². The molecular weight excluding hydrogens is 276 g/mol. The van der Waals surface area contributed by atoms with Gasteiger partial charge in [-0.05, 0) is 59.2 Å². The van der Waals surface area contributed by atoms with Crippen LogP contribution in [-0.2, 0) is 0 Å². The molecule has 5 atom stereocenters. The van der Waals surface area contributed by atoms with Gasteiger partial charge in [0.1, 0.15) is 0 Å². The Hall–Kier alpha value is -0.280. The number of piperidine rings is 1. The third kappa shape index (κ3) is 1.20. The molecular formula is C14H19BrN2. The second kappa shape index (κ2) is 3.39. The second-order valence-electron chi connectivity index (χ2n) is 6.08. The van der Waals surface area contributed by atoms with Crippen LogP contribution < -0.4 is 10.6 Å². The van der Waals surface area contributed by atoms with Crippen LogP contribution in [0.25, 0.3) is 0 Å². The molecule has 2 saturated heterocycles. The van der Waals surface area contributed by atoms with Gasteiger partial charge in [0.25, 0.3) is 0 Å². The SMILES string of the molecule is CC1C2CCC(N2)C2CCC=C3C=C(Br)NC312. The normalized spacial score (nSPS) is 51.2. The highest BCUT2D eigenvalue weighted by atomic mass is 79.9. The van der Waals surface area contributed by atoms with Crippen molar-refractivity contribution >= 4 is 15.9 Å². The van der Waals surface area contributed by atoms with Gasteiger partial charge < -0.3 is 10.6 Å². The molecule has 2 fully saturated rings. The van der Waals surface area contributed by atoms with Gasteiger partial charge in [-0.25, -0.2) is 0 Å². The van der Waals surface area contributed by atoms with Crippen molar-refractivity contribution in [1.29, 1.82) is 0 Å². The average molecular weight is 295 g/mol. The van der Waals surface area contributed by atoms with E-state index in [-0.39, 0.29) is 5.54 Å². The molecule has 4 rings (SSSR count). The zero-order chi connectivity index (χ0) is 11.6. The van der Waals surface area contributed by atoms with Crippen LogP contribution in [-0.4, -0.2) is 17.6 Å². The van der Waals surface area contributed by atoms with Crippen LogP contribution in [0, 0.1) is 11.8 Å². The van der Waals surface area contributed by atoms with Crippen LogP contribution in [0.2, 0.25) is 0 Å². The number of fused-ring (bicyclic) bond motifs is 3. The van der Waals surface area contributed by atoms with Crippen molar-refractivity contribution in [2.24, 2.45) is 11.8 Å². The van der Waals surface area contributed by atoms with Gasteiger partial charge in [0, 0.05) is 18.0 Å². The number of hydrogen-bond acceptors (Lipinski definition) is 2. The van der Waals surface area contributed by atoms with E-state index in [1.54, 1.807) is 5.57 Å². The highest BCUT2D eigenvalue weighted by Gasteiger charge is 2.59. The summed E-state index contributed by atoms with van der Waals surface area (Å²) in [4.78, 5) is 0. The molecule has 2 nitrogen and oxygen atoms in total. The molecule has 4 aliphatic rings. The fourth-order valence-corrected chi connectivity index (χ4v) is 5.38. The molecule has 92 valence electrons. The highest BCUT2D eigenvalue weighted by Crippen LogP contribution is 2.53. The Balaban J connectivity index is 1.86. The van der Waals surface area contributed by atoms with Gasteiger partial charge >= 0.3 is 0 Å². The zero-order valence-electron chi connectivity index (χ0n) is 10.2. The molecule has 17 heavy (non-hydrogen) atoms. The van der Waals surface area contributed by atoms with E-state index in [0.717, 1.165) is 12.0 Å². The van der Waals surface area contributed by atoms with Gasteiger partial charge in [0.2, 0.25) is 0 Å². The van der Waals surface area contributed by atoms with E-state index in [2.05, 4.69) is 45.6 Å². The van der Waals surface area contributed by atoms with E-state index in [4.69, 9.17) is 0 Å². The van der Waals surface area contributed by atoms with E-state index in [0.29, 0.717) is 12.0 Å². The first-order valence-corrected chi connectivity index (χ1v) is 7.63. The third-order valence-electron chi connectivity index (χ3n) is 5.54. The minimum Gasteiger partial charge on any atom is -0.369 e. The molecule has 2 N–H and O–H groups in total. The maximum absolute atomic E-state index is 3.86. The molecule has 3 heterocycles. The van der Waals surface area contributed by atoms with Crippen LogP contribution in [0.15, 0.2) is 22.3 Å². The van der Waals surface area contributed by atoms with E-state index in [9.17, 15) is 0 Å². The summed E-state index contributed by atoms with van der Waals surface area (Å²) in [5.41, 5.74) is 1.78. The summed E-state index contributed by atoms with van der Waals surface area (Å²) in [6.07, 6.45) is 10.1. The zero-order valence-corrected chi connectivity index (χ0v) is 11.8. The molecule has 0 aromatic carbocycles. The predicted molar refractivity (Wildman–Crippen MR) is 72.8 cm³/mol. The van der Waals surface area contributed by atoms with Crippen molar-refractivity contribution in [2.45, 2.75) is 50.2 Å². The topological polar surface area (TPSA) is 24.1 Å². The number of rotatable bonds is 0. The molecule has 0 saturated carbocycles. The second-order valence-corrected chi connectivity index (χ2v) is 6.93. The lowest BCUT2D eigenvalue weighted by molar-refractivity contribution is 0.0914. The van der Waals surface area contributed by atoms with Crippen LogP contribution in [0.5, 0.6) is 0 Å². The van der Waals surface area contributed by atoms with Crippen LogP contribution in [0.4, 0.5) is 0 Å². The van der Waals surface area contributed by atoms with E-state index < -0.39 is 0 Å². The summed E-state index contributed by atoms with van der Waals surface area (Å²) < 4.78 is 1.18. The molecule has 3 heteroatoms. The van der Waals surface area contributed by atoms with Gasteiger partial charge in [0.15, 0.2) is 0 Å². The largest absolute Gasteiger partial charge is 0.369 e. The Morgan fingerprint density at radius 3 is 3.00 bits per heavy atom. The maximum atomic E-state index is 3.86. The Labute approximate surface area is 111 Å². The van der Waals surface area contributed by atoms with Crippen molar-refractivity contribution in [3.63, 3.8) is 0 Å². The Morgan fingerprint density at radius 1 is 1.29 bits per heavy atom. The predicted octanol–water partition coefficient (Wildman–Crippen LogP) is 2.67. The summed E-state index contributed by atoms with van der Waals surface area (Å²) in [5, 5.41) is 7.65. The molecule has 1 spiro atoms. The monoisotopic (exact) mass is 294 g/mol. The molecule has 5 unspecified atom stereocenters. The molecule has 0 aromatic rings. The van der Waals surface area contributed by atoms with Crippen molar-refractivity contribution in [1.82, 2.24) is 10.6 Å². The summed E-state index contributed by atoms with van der Waals surface area (Å²) in [6, 6.07) is 1.44. The van der Waals surface area contributed by atoms with Gasteiger partial charge in [-0.3, -0.25) is 0 Å².